The molecule has 0 spiro atoms. The molecule has 1 aliphatic rings. The van der Waals surface area contributed by atoms with E-state index in [2.05, 4.69) is 45.0 Å². The molecule has 2 nitrogen and oxygen atoms in total. The van der Waals surface area contributed by atoms with E-state index in [1.54, 1.807) is 0 Å². The van der Waals surface area contributed by atoms with Crippen molar-refractivity contribution in [1.29, 1.82) is 0 Å². The highest BCUT2D eigenvalue weighted by molar-refractivity contribution is 4.86. The fraction of sp³-hybridized carbons (Fsp3) is 1.00. The van der Waals surface area contributed by atoms with Crippen LogP contribution in [0.4, 0.5) is 0 Å². The lowest BCUT2D eigenvalue weighted by molar-refractivity contribution is 0.135. The van der Waals surface area contributed by atoms with Crippen molar-refractivity contribution in [2.24, 2.45) is 17.8 Å². The molecule has 0 amide bonds. The van der Waals surface area contributed by atoms with Gasteiger partial charge in [-0.3, -0.25) is 0 Å². The Hall–Kier alpha value is -0.0800. The first kappa shape index (κ1) is 17.0. The molecule has 0 aromatic carbocycles. The Balaban J connectivity index is 2.53. The third kappa shape index (κ3) is 5.83. The molecule has 1 N–H and O–H groups in total. The van der Waals surface area contributed by atoms with Crippen LogP contribution in [0.15, 0.2) is 0 Å². The summed E-state index contributed by atoms with van der Waals surface area (Å²) in [6.45, 7) is 13.0. The van der Waals surface area contributed by atoms with Crippen LogP contribution in [0.2, 0.25) is 0 Å². The average molecular weight is 268 g/mol. The van der Waals surface area contributed by atoms with Crippen molar-refractivity contribution in [2.75, 3.05) is 26.7 Å². The average Bonchev–Trinajstić information content (AvgIpc) is 2.38. The predicted molar refractivity (Wildman–Crippen MR) is 85.5 cm³/mol. The van der Waals surface area contributed by atoms with Crippen molar-refractivity contribution in [3.05, 3.63) is 0 Å². The Labute approximate surface area is 121 Å². The van der Waals surface area contributed by atoms with Gasteiger partial charge in [-0.15, -0.1) is 0 Å². The van der Waals surface area contributed by atoms with E-state index in [-0.39, 0.29) is 0 Å². The number of hydrogen-bond donors (Lipinski definition) is 1. The molecule has 1 saturated carbocycles. The Bertz CT molecular complexity index is 227. The van der Waals surface area contributed by atoms with Gasteiger partial charge in [-0.05, 0) is 50.6 Å². The van der Waals surface area contributed by atoms with Crippen LogP contribution < -0.4 is 5.32 Å². The van der Waals surface area contributed by atoms with Crippen molar-refractivity contribution in [1.82, 2.24) is 10.2 Å². The minimum absolute atomic E-state index is 0.745. The smallest absolute Gasteiger partial charge is 0.0105 e. The quantitative estimate of drug-likeness (QED) is 0.721. The zero-order chi connectivity index (χ0) is 14.3. The SMILES string of the molecule is CCCC1CCC(NC)C(CN(CC)CC(C)C)C1. The highest BCUT2D eigenvalue weighted by Crippen LogP contribution is 2.32. The third-order valence-electron chi connectivity index (χ3n) is 4.72. The second-order valence-corrected chi connectivity index (χ2v) is 6.87. The highest BCUT2D eigenvalue weighted by Gasteiger charge is 2.30. The van der Waals surface area contributed by atoms with Crippen molar-refractivity contribution in [2.45, 2.75) is 65.8 Å². The van der Waals surface area contributed by atoms with E-state index < -0.39 is 0 Å². The summed E-state index contributed by atoms with van der Waals surface area (Å²) in [6, 6.07) is 0.745. The number of rotatable bonds is 8. The van der Waals surface area contributed by atoms with Gasteiger partial charge in [0.25, 0.3) is 0 Å². The third-order valence-corrected chi connectivity index (χ3v) is 4.72. The van der Waals surface area contributed by atoms with Crippen LogP contribution in [0.5, 0.6) is 0 Å². The minimum atomic E-state index is 0.745. The lowest BCUT2D eigenvalue weighted by atomic mass is 9.76. The zero-order valence-electron chi connectivity index (χ0n) is 13.9. The van der Waals surface area contributed by atoms with Crippen molar-refractivity contribution < 1.29 is 0 Å². The van der Waals surface area contributed by atoms with Gasteiger partial charge < -0.3 is 10.2 Å². The van der Waals surface area contributed by atoms with E-state index >= 15 is 0 Å². The standard InChI is InChI=1S/C17H36N2/c1-6-8-15-9-10-17(18-5)16(11-15)13-19(7-2)12-14(3)4/h14-18H,6-13H2,1-5H3. The van der Waals surface area contributed by atoms with Crippen LogP contribution in [0.1, 0.15) is 59.8 Å². The van der Waals surface area contributed by atoms with Gasteiger partial charge in [-0.25, -0.2) is 0 Å². The largest absolute Gasteiger partial charge is 0.317 e. The van der Waals surface area contributed by atoms with Gasteiger partial charge in [-0.1, -0.05) is 40.5 Å². The van der Waals surface area contributed by atoms with E-state index in [9.17, 15) is 0 Å². The second kappa shape index (κ2) is 8.97. The summed E-state index contributed by atoms with van der Waals surface area (Å²) in [4.78, 5) is 2.66. The maximum absolute atomic E-state index is 3.57. The summed E-state index contributed by atoms with van der Waals surface area (Å²) in [5.74, 6) is 2.62. The Morgan fingerprint density at radius 2 is 1.95 bits per heavy atom. The molecule has 1 rings (SSSR count). The summed E-state index contributed by atoms with van der Waals surface area (Å²) in [7, 11) is 2.15. The van der Waals surface area contributed by atoms with Crippen LogP contribution in [-0.4, -0.2) is 37.6 Å². The fourth-order valence-electron chi connectivity index (χ4n) is 3.79. The second-order valence-electron chi connectivity index (χ2n) is 6.87. The topological polar surface area (TPSA) is 15.3 Å². The molecule has 0 saturated heterocycles. The summed E-state index contributed by atoms with van der Waals surface area (Å²) in [5, 5.41) is 3.57. The maximum atomic E-state index is 3.57. The number of hydrogen-bond acceptors (Lipinski definition) is 2. The van der Waals surface area contributed by atoms with Gasteiger partial charge in [0.2, 0.25) is 0 Å². The van der Waals surface area contributed by atoms with Gasteiger partial charge >= 0.3 is 0 Å². The molecule has 114 valence electrons. The van der Waals surface area contributed by atoms with Crippen LogP contribution in [0, 0.1) is 17.8 Å². The molecular weight excluding hydrogens is 232 g/mol. The van der Waals surface area contributed by atoms with Gasteiger partial charge in [0, 0.05) is 19.1 Å². The van der Waals surface area contributed by atoms with Crippen LogP contribution in [0.25, 0.3) is 0 Å². The van der Waals surface area contributed by atoms with E-state index in [1.807, 2.05) is 0 Å². The molecular formula is C17H36N2. The molecule has 0 aromatic heterocycles. The molecule has 1 fully saturated rings. The highest BCUT2D eigenvalue weighted by atomic mass is 15.1. The van der Waals surface area contributed by atoms with Gasteiger partial charge in [0.1, 0.15) is 0 Å². The molecule has 0 radical (unpaired) electrons. The number of nitrogens with zero attached hydrogens (tertiary/aromatic N) is 1. The fourth-order valence-corrected chi connectivity index (χ4v) is 3.79. The Morgan fingerprint density at radius 1 is 1.21 bits per heavy atom. The van der Waals surface area contributed by atoms with Crippen LogP contribution in [-0.2, 0) is 0 Å². The van der Waals surface area contributed by atoms with Gasteiger partial charge in [0.15, 0.2) is 0 Å². The molecule has 0 aliphatic heterocycles. The van der Waals surface area contributed by atoms with Crippen molar-refractivity contribution in [3.8, 4) is 0 Å². The van der Waals surface area contributed by atoms with E-state index in [0.29, 0.717) is 0 Å². The van der Waals surface area contributed by atoms with E-state index in [0.717, 1.165) is 23.8 Å². The van der Waals surface area contributed by atoms with Crippen LogP contribution in [0.3, 0.4) is 0 Å². The molecule has 0 aromatic rings. The molecule has 19 heavy (non-hydrogen) atoms. The summed E-state index contributed by atoms with van der Waals surface area (Å²) >= 11 is 0. The first-order chi connectivity index (χ1) is 9.10. The monoisotopic (exact) mass is 268 g/mol. The molecule has 0 heterocycles. The first-order valence-corrected chi connectivity index (χ1v) is 8.50. The molecule has 2 heteroatoms. The molecule has 0 bridgehead atoms. The van der Waals surface area contributed by atoms with Gasteiger partial charge in [0.05, 0.1) is 0 Å². The first-order valence-electron chi connectivity index (χ1n) is 8.50. The Morgan fingerprint density at radius 3 is 2.47 bits per heavy atom. The van der Waals surface area contributed by atoms with E-state index in [1.165, 1.54) is 51.7 Å². The summed E-state index contributed by atoms with van der Waals surface area (Å²) in [6.07, 6.45) is 7.04. The maximum Gasteiger partial charge on any atom is 0.0105 e. The zero-order valence-corrected chi connectivity index (χ0v) is 13.9. The molecule has 3 atom stereocenters. The summed E-state index contributed by atoms with van der Waals surface area (Å²) in [5.41, 5.74) is 0. The predicted octanol–water partition coefficient (Wildman–Crippen LogP) is 3.77. The number of nitrogens with one attached hydrogen (secondary N) is 1. The van der Waals surface area contributed by atoms with Crippen molar-refractivity contribution in [3.63, 3.8) is 0 Å². The lowest BCUT2D eigenvalue weighted by Crippen LogP contribution is -2.45. The van der Waals surface area contributed by atoms with Gasteiger partial charge in [-0.2, -0.15) is 0 Å². The van der Waals surface area contributed by atoms with Crippen molar-refractivity contribution >= 4 is 0 Å². The normalized spacial score (nSPS) is 28.3. The van der Waals surface area contributed by atoms with Crippen LogP contribution >= 0.6 is 0 Å². The lowest BCUT2D eigenvalue weighted by Gasteiger charge is -2.39. The molecule has 3 unspecified atom stereocenters. The molecule has 1 aliphatic carbocycles. The Kier molecular flexibility index (Phi) is 8.01. The summed E-state index contributed by atoms with van der Waals surface area (Å²) < 4.78 is 0. The van der Waals surface area contributed by atoms with E-state index in [4.69, 9.17) is 0 Å². The minimum Gasteiger partial charge on any atom is -0.317 e.